The van der Waals surface area contributed by atoms with Crippen LogP contribution in [0.25, 0.3) is 0 Å². The molecule has 1 aromatic heterocycles. The average molecular weight is 354 g/mol. The minimum absolute atomic E-state index is 0.00632. The summed E-state index contributed by atoms with van der Waals surface area (Å²) >= 11 is 3.47. The van der Waals surface area contributed by atoms with Crippen molar-refractivity contribution in [2.75, 3.05) is 5.32 Å². The SMILES string of the molecule is CC1CCCCCC1Nc1cnn(CC2CC2)c(=O)c1Br. The van der Waals surface area contributed by atoms with E-state index in [0.717, 1.165) is 12.2 Å². The van der Waals surface area contributed by atoms with Gasteiger partial charge in [0.05, 0.1) is 11.9 Å². The van der Waals surface area contributed by atoms with Gasteiger partial charge in [-0.05, 0) is 53.4 Å². The standard InChI is InChI=1S/C16H24BrN3O/c1-11-5-3-2-4-6-13(11)19-14-9-18-20(10-12-7-8-12)16(21)15(14)17/h9,11-13,19H,2-8,10H2,1H3. The number of halogens is 1. The second-order valence-corrected chi connectivity index (χ2v) is 7.46. The molecule has 0 aliphatic heterocycles. The molecule has 4 nitrogen and oxygen atoms in total. The van der Waals surface area contributed by atoms with Gasteiger partial charge in [0.1, 0.15) is 4.47 Å². The van der Waals surface area contributed by atoms with Gasteiger partial charge in [-0.3, -0.25) is 4.79 Å². The number of anilines is 1. The lowest BCUT2D eigenvalue weighted by atomic mass is 9.97. The smallest absolute Gasteiger partial charge is 0.283 e. The Morgan fingerprint density at radius 3 is 2.81 bits per heavy atom. The molecule has 0 aromatic carbocycles. The first-order valence-corrected chi connectivity index (χ1v) is 8.96. The number of nitrogens with zero attached hydrogens (tertiary/aromatic N) is 2. The van der Waals surface area contributed by atoms with Gasteiger partial charge in [-0.15, -0.1) is 0 Å². The molecule has 2 saturated carbocycles. The van der Waals surface area contributed by atoms with Crippen molar-refractivity contribution in [3.8, 4) is 0 Å². The van der Waals surface area contributed by atoms with Gasteiger partial charge in [-0.25, -0.2) is 4.68 Å². The third-order valence-electron chi connectivity index (χ3n) is 4.82. The second kappa shape index (κ2) is 6.51. The zero-order valence-corrected chi connectivity index (χ0v) is 14.2. The summed E-state index contributed by atoms with van der Waals surface area (Å²) in [5, 5.41) is 7.90. The van der Waals surface area contributed by atoms with E-state index in [-0.39, 0.29) is 5.56 Å². The van der Waals surface area contributed by atoms with Gasteiger partial charge in [0, 0.05) is 12.6 Å². The summed E-state index contributed by atoms with van der Waals surface area (Å²) in [5.74, 6) is 1.30. The molecule has 116 valence electrons. The third kappa shape index (κ3) is 3.68. The Morgan fingerprint density at radius 1 is 1.29 bits per heavy atom. The van der Waals surface area contributed by atoms with E-state index in [2.05, 4.69) is 33.3 Å². The monoisotopic (exact) mass is 353 g/mol. The molecule has 2 aliphatic carbocycles. The van der Waals surface area contributed by atoms with Crippen molar-refractivity contribution in [2.24, 2.45) is 11.8 Å². The molecule has 1 heterocycles. The van der Waals surface area contributed by atoms with Crippen LogP contribution < -0.4 is 10.9 Å². The zero-order valence-electron chi connectivity index (χ0n) is 12.6. The van der Waals surface area contributed by atoms with E-state index in [1.807, 2.05) is 6.20 Å². The van der Waals surface area contributed by atoms with Gasteiger partial charge >= 0.3 is 0 Å². The summed E-state index contributed by atoms with van der Waals surface area (Å²) in [4.78, 5) is 12.4. The number of aromatic nitrogens is 2. The third-order valence-corrected chi connectivity index (χ3v) is 5.58. The van der Waals surface area contributed by atoms with Gasteiger partial charge in [0.2, 0.25) is 0 Å². The van der Waals surface area contributed by atoms with Gasteiger partial charge in [-0.2, -0.15) is 5.10 Å². The van der Waals surface area contributed by atoms with Gasteiger partial charge in [0.25, 0.3) is 5.56 Å². The van der Waals surface area contributed by atoms with Gasteiger partial charge in [0.15, 0.2) is 0 Å². The van der Waals surface area contributed by atoms with E-state index in [0.29, 0.717) is 22.4 Å². The fourth-order valence-electron chi connectivity index (χ4n) is 3.15. The summed E-state index contributed by atoms with van der Waals surface area (Å²) in [6.07, 6.45) is 10.6. The number of rotatable bonds is 4. The van der Waals surface area contributed by atoms with E-state index in [1.165, 1.54) is 44.9 Å². The van der Waals surface area contributed by atoms with E-state index in [9.17, 15) is 4.79 Å². The molecule has 1 N–H and O–H groups in total. The molecule has 5 heteroatoms. The second-order valence-electron chi connectivity index (χ2n) is 6.67. The molecule has 0 amide bonds. The van der Waals surface area contributed by atoms with Crippen LogP contribution in [0, 0.1) is 11.8 Å². The summed E-state index contributed by atoms with van der Waals surface area (Å²) in [5.41, 5.74) is 0.846. The first-order chi connectivity index (χ1) is 10.1. The lowest BCUT2D eigenvalue weighted by Crippen LogP contribution is -2.30. The minimum atomic E-state index is -0.00632. The van der Waals surface area contributed by atoms with Crippen molar-refractivity contribution in [1.82, 2.24) is 9.78 Å². The number of hydrogen-bond acceptors (Lipinski definition) is 3. The zero-order chi connectivity index (χ0) is 14.8. The summed E-state index contributed by atoms with van der Waals surface area (Å²) in [7, 11) is 0. The van der Waals surface area contributed by atoms with Crippen LogP contribution in [0.2, 0.25) is 0 Å². The van der Waals surface area contributed by atoms with Crippen molar-refractivity contribution < 1.29 is 0 Å². The quantitative estimate of drug-likeness (QED) is 0.837. The predicted molar refractivity (Wildman–Crippen MR) is 88.6 cm³/mol. The van der Waals surface area contributed by atoms with Crippen LogP contribution in [-0.4, -0.2) is 15.8 Å². The molecule has 0 saturated heterocycles. The summed E-state index contributed by atoms with van der Waals surface area (Å²) in [6, 6.07) is 0.448. The molecular weight excluding hydrogens is 330 g/mol. The van der Waals surface area contributed by atoms with E-state index >= 15 is 0 Å². The molecular formula is C16H24BrN3O. The maximum absolute atomic E-state index is 12.4. The number of nitrogens with one attached hydrogen (secondary N) is 1. The Balaban J connectivity index is 1.75. The molecule has 0 bridgehead atoms. The van der Waals surface area contributed by atoms with Crippen LogP contribution in [0.15, 0.2) is 15.5 Å². The molecule has 2 unspecified atom stereocenters. The lowest BCUT2D eigenvalue weighted by Gasteiger charge is -2.24. The molecule has 21 heavy (non-hydrogen) atoms. The fourth-order valence-corrected chi connectivity index (χ4v) is 3.57. The highest BCUT2D eigenvalue weighted by Gasteiger charge is 2.24. The van der Waals surface area contributed by atoms with Crippen LogP contribution in [0.5, 0.6) is 0 Å². The van der Waals surface area contributed by atoms with Crippen molar-refractivity contribution in [2.45, 2.75) is 64.5 Å². The first-order valence-electron chi connectivity index (χ1n) is 8.17. The average Bonchev–Trinajstić information content (AvgIpc) is 3.29. The predicted octanol–water partition coefficient (Wildman–Crippen LogP) is 3.80. The van der Waals surface area contributed by atoms with Crippen LogP contribution in [0.3, 0.4) is 0 Å². The van der Waals surface area contributed by atoms with Crippen molar-refractivity contribution in [3.63, 3.8) is 0 Å². The Hall–Kier alpha value is -0.840. The highest BCUT2D eigenvalue weighted by molar-refractivity contribution is 9.10. The Morgan fingerprint density at radius 2 is 2.05 bits per heavy atom. The van der Waals surface area contributed by atoms with Crippen LogP contribution >= 0.6 is 15.9 Å². The van der Waals surface area contributed by atoms with E-state index in [1.54, 1.807) is 4.68 Å². The Kier molecular flexibility index (Phi) is 4.67. The molecule has 0 radical (unpaired) electrons. The Bertz CT molecular complexity index is 553. The highest BCUT2D eigenvalue weighted by atomic mass is 79.9. The number of hydrogen-bond donors (Lipinski definition) is 1. The minimum Gasteiger partial charge on any atom is -0.380 e. The van der Waals surface area contributed by atoms with E-state index in [4.69, 9.17) is 0 Å². The van der Waals surface area contributed by atoms with Crippen LogP contribution in [0.4, 0.5) is 5.69 Å². The molecule has 2 aliphatic rings. The van der Waals surface area contributed by atoms with E-state index < -0.39 is 0 Å². The molecule has 2 atom stereocenters. The normalized spacial score (nSPS) is 26.4. The van der Waals surface area contributed by atoms with Gasteiger partial charge < -0.3 is 5.32 Å². The van der Waals surface area contributed by atoms with Crippen LogP contribution in [-0.2, 0) is 6.54 Å². The largest absolute Gasteiger partial charge is 0.380 e. The van der Waals surface area contributed by atoms with Crippen molar-refractivity contribution >= 4 is 21.6 Å². The van der Waals surface area contributed by atoms with Crippen molar-refractivity contribution in [1.29, 1.82) is 0 Å². The van der Waals surface area contributed by atoms with Gasteiger partial charge in [-0.1, -0.05) is 26.2 Å². The maximum atomic E-state index is 12.4. The highest BCUT2D eigenvalue weighted by Crippen LogP contribution is 2.31. The maximum Gasteiger partial charge on any atom is 0.283 e. The van der Waals surface area contributed by atoms with Crippen LogP contribution in [0.1, 0.15) is 51.9 Å². The fraction of sp³-hybridized carbons (Fsp3) is 0.750. The molecule has 1 aromatic rings. The summed E-state index contributed by atoms with van der Waals surface area (Å²) in [6.45, 7) is 3.07. The molecule has 2 fully saturated rings. The Labute approximate surface area is 134 Å². The summed E-state index contributed by atoms with van der Waals surface area (Å²) < 4.78 is 2.23. The first kappa shape index (κ1) is 15.1. The topological polar surface area (TPSA) is 46.9 Å². The molecule has 3 rings (SSSR count). The van der Waals surface area contributed by atoms with Crippen molar-refractivity contribution in [3.05, 3.63) is 21.0 Å². The lowest BCUT2D eigenvalue weighted by molar-refractivity contribution is 0.455. The molecule has 0 spiro atoms.